The molecule has 1 unspecified atom stereocenters. The lowest BCUT2D eigenvalue weighted by molar-refractivity contribution is -0.0672. The summed E-state index contributed by atoms with van der Waals surface area (Å²) in [5, 5.41) is 18.1. The molecule has 22 heavy (non-hydrogen) atoms. The summed E-state index contributed by atoms with van der Waals surface area (Å²) in [7, 11) is 0. The van der Waals surface area contributed by atoms with E-state index in [1.165, 1.54) is 70.6 Å². The largest absolute Gasteiger partial charge is 0.394 e. The van der Waals surface area contributed by atoms with Gasteiger partial charge in [0.05, 0.1) is 19.3 Å². The van der Waals surface area contributed by atoms with Crippen LogP contribution in [0.3, 0.4) is 0 Å². The number of aliphatic hydroxyl groups is 2. The summed E-state index contributed by atoms with van der Waals surface area (Å²) in [5.41, 5.74) is 0. The maximum atomic E-state index is 9.05. The number of rotatable bonds is 17. The van der Waals surface area contributed by atoms with Crippen LogP contribution < -0.4 is 0 Å². The minimum atomic E-state index is -0.405. The Balaban J connectivity index is 3.36. The molecule has 0 aliphatic heterocycles. The first kappa shape index (κ1) is 21.9. The molecule has 134 valence electrons. The Hall–Kier alpha value is -0.120. The third-order valence-electron chi connectivity index (χ3n) is 4.38. The molecule has 0 saturated carbocycles. The van der Waals surface area contributed by atoms with Gasteiger partial charge in [-0.1, -0.05) is 84.5 Å². The molecule has 0 aliphatic rings. The molecule has 0 rings (SSSR count). The van der Waals surface area contributed by atoms with Crippen molar-refractivity contribution in [2.75, 3.05) is 13.2 Å². The summed E-state index contributed by atoms with van der Waals surface area (Å²) in [5.74, 6) is 0. The van der Waals surface area contributed by atoms with Gasteiger partial charge in [0.15, 0.2) is 0 Å². The molecule has 0 fully saturated rings. The highest BCUT2D eigenvalue weighted by Gasteiger charge is 2.13. The normalized spacial score (nSPS) is 13.0. The molecule has 3 heteroatoms. The van der Waals surface area contributed by atoms with Gasteiger partial charge in [-0.25, -0.2) is 0 Å². The van der Waals surface area contributed by atoms with Gasteiger partial charge in [-0.15, -0.1) is 0 Å². The standard InChI is InChI=1S/C19H40O3/c1-3-5-6-7-8-9-10-11-12-13-14-15-18(4-2)22-19(16-20)17-21/h18-21H,3-17H2,1-2H3. The van der Waals surface area contributed by atoms with Gasteiger partial charge in [0.25, 0.3) is 0 Å². The average Bonchev–Trinajstić information content (AvgIpc) is 2.55. The predicted molar refractivity (Wildman–Crippen MR) is 94.2 cm³/mol. The molecule has 0 amide bonds. The van der Waals surface area contributed by atoms with Crippen LogP contribution in [-0.2, 0) is 4.74 Å². The first-order valence-electron chi connectivity index (χ1n) is 9.65. The van der Waals surface area contributed by atoms with Crippen molar-refractivity contribution in [3.05, 3.63) is 0 Å². The van der Waals surface area contributed by atoms with E-state index in [9.17, 15) is 0 Å². The monoisotopic (exact) mass is 316 g/mol. The highest BCUT2D eigenvalue weighted by Crippen LogP contribution is 2.15. The van der Waals surface area contributed by atoms with Crippen LogP contribution >= 0.6 is 0 Å². The number of ether oxygens (including phenoxy) is 1. The summed E-state index contributed by atoms with van der Waals surface area (Å²) in [6.45, 7) is 4.19. The van der Waals surface area contributed by atoms with Gasteiger partial charge in [-0.2, -0.15) is 0 Å². The van der Waals surface area contributed by atoms with Crippen molar-refractivity contribution in [3.63, 3.8) is 0 Å². The molecular formula is C19H40O3. The Labute approximate surface area is 138 Å². The van der Waals surface area contributed by atoms with Crippen molar-refractivity contribution in [2.24, 2.45) is 0 Å². The quantitative estimate of drug-likeness (QED) is 0.378. The molecule has 0 aliphatic carbocycles. The lowest BCUT2D eigenvalue weighted by Gasteiger charge is -2.21. The second-order valence-electron chi connectivity index (χ2n) is 6.48. The Morgan fingerprint density at radius 2 is 1.09 bits per heavy atom. The summed E-state index contributed by atoms with van der Waals surface area (Å²) in [6, 6.07) is 0. The fourth-order valence-electron chi connectivity index (χ4n) is 2.82. The predicted octanol–water partition coefficient (Wildman–Crippen LogP) is 4.84. The number of hydrogen-bond donors (Lipinski definition) is 2. The van der Waals surface area contributed by atoms with E-state index >= 15 is 0 Å². The van der Waals surface area contributed by atoms with Gasteiger partial charge in [0.2, 0.25) is 0 Å². The molecule has 0 aromatic rings. The van der Waals surface area contributed by atoms with E-state index in [0.29, 0.717) is 0 Å². The van der Waals surface area contributed by atoms with Gasteiger partial charge in [0, 0.05) is 0 Å². The van der Waals surface area contributed by atoms with E-state index in [4.69, 9.17) is 14.9 Å². The maximum Gasteiger partial charge on any atom is 0.104 e. The third-order valence-corrected chi connectivity index (χ3v) is 4.38. The van der Waals surface area contributed by atoms with E-state index in [0.717, 1.165) is 12.8 Å². The lowest BCUT2D eigenvalue weighted by Crippen LogP contribution is -2.28. The Kier molecular flexibility index (Phi) is 17.1. The summed E-state index contributed by atoms with van der Waals surface area (Å²) < 4.78 is 5.69. The average molecular weight is 317 g/mol. The van der Waals surface area contributed by atoms with Crippen molar-refractivity contribution in [1.29, 1.82) is 0 Å². The molecule has 0 heterocycles. The van der Waals surface area contributed by atoms with Crippen LogP contribution in [-0.4, -0.2) is 35.6 Å². The first-order chi connectivity index (χ1) is 10.8. The van der Waals surface area contributed by atoms with Crippen molar-refractivity contribution in [3.8, 4) is 0 Å². The lowest BCUT2D eigenvalue weighted by atomic mass is 10.0. The van der Waals surface area contributed by atoms with Crippen molar-refractivity contribution in [1.82, 2.24) is 0 Å². The topological polar surface area (TPSA) is 49.7 Å². The van der Waals surface area contributed by atoms with Gasteiger partial charge < -0.3 is 14.9 Å². The van der Waals surface area contributed by atoms with Gasteiger partial charge in [-0.05, 0) is 12.8 Å². The van der Waals surface area contributed by atoms with E-state index in [1.54, 1.807) is 0 Å². The molecule has 0 aromatic carbocycles. The van der Waals surface area contributed by atoms with E-state index in [1.807, 2.05) is 0 Å². The first-order valence-corrected chi connectivity index (χ1v) is 9.65. The van der Waals surface area contributed by atoms with Crippen molar-refractivity contribution in [2.45, 2.75) is 110 Å². The minimum absolute atomic E-state index is 0.0920. The minimum Gasteiger partial charge on any atom is -0.394 e. The van der Waals surface area contributed by atoms with Crippen LogP contribution in [0.1, 0.15) is 97.3 Å². The van der Waals surface area contributed by atoms with Gasteiger partial charge >= 0.3 is 0 Å². The van der Waals surface area contributed by atoms with Crippen LogP contribution in [0.4, 0.5) is 0 Å². The van der Waals surface area contributed by atoms with Crippen LogP contribution in [0.15, 0.2) is 0 Å². The molecule has 0 aromatic heterocycles. The molecule has 0 spiro atoms. The highest BCUT2D eigenvalue weighted by molar-refractivity contribution is 4.61. The Morgan fingerprint density at radius 3 is 1.50 bits per heavy atom. The van der Waals surface area contributed by atoms with Gasteiger partial charge in [-0.3, -0.25) is 0 Å². The van der Waals surface area contributed by atoms with Crippen molar-refractivity contribution >= 4 is 0 Å². The van der Waals surface area contributed by atoms with Gasteiger partial charge in [0.1, 0.15) is 6.10 Å². The van der Waals surface area contributed by atoms with E-state index in [-0.39, 0.29) is 19.3 Å². The van der Waals surface area contributed by atoms with Crippen LogP contribution in [0.5, 0.6) is 0 Å². The Bertz CT molecular complexity index is 205. The molecular weight excluding hydrogens is 276 g/mol. The highest BCUT2D eigenvalue weighted by atomic mass is 16.5. The zero-order chi connectivity index (χ0) is 16.5. The smallest absolute Gasteiger partial charge is 0.104 e. The van der Waals surface area contributed by atoms with Crippen LogP contribution in [0, 0.1) is 0 Å². The molecule has 2 N–H and O–H groups in total. The fraction of sp³-hybridized carbons (Fsp3) is 1.00. The van der Waals surface area contributed by atoms with E-state index in [2.05, 4.69) is 13.8 Å². The summed E-state index contributed by atoms with van der Waals surface area (Å²) in [4.78, 5) is 0. The number of unbranched alkanes of at least 4 members (excludes halogenated alkanes) is 10. The van der Waals surface area contributed by atoms with E-state index < -0.39 is 6.10 Å². The molecule has 3 nitrogen and oxygen atoms in total. The second-order valence-corrected chi connectivity index (χ2v) is 6.48. The fourth-order valence-corrected chi connectivity index (χ4v) is 2.82. The summed E-state index contributed by atoms with van der Waals surface area (Å²) in [6.07, 6.45) is 16.7. The SMILES string of the molecule is CCCCCCCCCCCCCC(CC)OC(CO)CO. The van der Waals surface area contributed by atoms with Crippen LogP contribution in [0.2, 0.25) is 0 Å². The molecule has 0 radical (unpaired) electrons. The third kappa shape index (κ3) is 13.5. The summed E-state index contributed by atoms with van der Waals surface area (Å²) >= 11 is 0. The Morgan fingerprint density at radius 1 is 0.636 bits per heavy atom. The van der Waals surface area contributed by atoms with Crippen molar-refractivity contribution < 1.29 is 14.9 Å². The number of hydrogen-bond acceptors (Lipinski definition) is 3. The molecule has 0 saturated heterocycles. The zero-order valence-electron chi connectivity index (χ0n) is 15.1. The zero-order valence-corrected chi connectivity index (χ0v) is 15.1. The molecule has 1 atom stereocenters. The number of aliphatic hydroxyl groups excluding tert-OH is 2. The maximum absolute atomic E-state index is 9.05. The second kappa shape index (κ2) is 17.2. The van der Waals surface area contributed by atoms with Crippen LogP contribution in [0.25, 0.3) is 0 Å². The molecule has 0 bridgehead atoms.